The Balaban J connectivity index is 1.61. The molecule has 2 N–H and O–H groups in total. The minimum absolute atomic E-state index is 0.0720. The summed E-state index contributed by atoms with van der Waals surface area (Å²) in [5.41, 5.74) is 3.91. The molecule has 0 radical (unpaired) electrons. The summed E-state index contributed by atoms with van der Waals surface area (Å²) in [6, 6.07) is 0. The molecule has 1 aliphatic carbocycles. The molecule has 5 rings (SSSR count). The van der Waals surface area contributed by atoms with Crippen LogP contribution in [0.5, 0.6) is 0 Å². The zero-order valence-electron chi connectivity index (χ0n) is 20.7. The van der Waals surface area contributed by atoms with Crippen molar-refractivity contribution in [3.8, 4) is 0 Å². The predicted molar refractivity (Wildman–Crippen MR) is 155 cm³/mol. The lowest BCUT2D eigenvalue weighted by Gasteiger charge is -2.28. The van der Waals surface area contributed by atoms with Gasteiger partial charge < -0.3 is 15.5 Å². The van der Waals surface area contributed by atoms with E-state index >= 15 is 0 Å². The van der Waals surface area contributed by atoms with Crippen molar-refractivity contribution in [2.45, 2.75) is 38.5 Å². The number of aromatic nitrogens is 3. The minimum atomic E-state index is -0.887. The first-order valence-corrected chi connectivity index (χ1v) is 14.6. The number of aliphatic imine (C=N–C) groups is 1. The van der Waals surface area contributed by atoms with Gasteiger partial charge in [0, 0.05) is 42.5 Å². The Morgan fingerprint density at radius 3 is 2.92 bits per heavy atom. The van der Waals surface area contributed by atoms with Crippen LogP contribution in [0.2, 0.25) is 0 Å². The first kappa shape index (κ1) is 24.9. The number of pyridine rings is 1. The van der Waals surface area contributed by atoms with E-state index in [0.717, 1.165) is 57.6 Å². The van der Waals surface area contributed by atoms with Crippen LogP contribution in [0.3, 0.4) is 0 Å². The Labute approximate surface area is 221 Å². The lowest BCUT2D eigenvalue weighted by Crippen LogP contribution is -2.25. The fourth-order valence-corrected chi connectivity index (χ4v) is 6.68. The first-order valence-electron chi connectivity index (χ1n) is 12.4. The summed E-state index contributed by atoms with van der Waals surface area (Å²) >= 11 is -0.887. The summed E-state index contributed by atoms with van der Waals surface area (Å²) in [6.45, 7) is 8.68. The number of hydrogen-bond acceptors (Lipinski definition) is 6. The maximum atomic E-state index is 14.0. The van der Waals surface area contributed by atoms with Gasteiger partial charge in [0.1, 0.15) is 11.7 Å². The molecule has 0 saturated heterocycles. The Hall–Kier alpha value is -2.79. The molecule has 0 atom stereocenters. The van der Waals surface area contributed by atoms with Crippen molar-refractivity contribution < 1.29 is 4.39 Å². The Morgan fingerprint density at radius 2 is 2.17 bits per heavy atom. The van der Waals surface area contributed by atoms with Crippen LogP contribution in [-0.2, 0) is 0 Å². The van der Waals surface area contributed by atoms with Gasteiger partial charge >= 0.3 is 0 Å². The molecule has 0 amide bonds. The molecule has 188 valence electrons. The second-order valence-electron chi connectivity index (χ2n) is 9.07. The van der Waals surface area contributed by atoms with Crippen LogP contribution >= 0.6 is 20.7 Å². The maximum absolute atomic E-state index is 14.0. The highest BCUT2D eigenvalue weighted by molar-refractivity contribution is 14.2. The van der Waals surface area contributed by atoms with E-state index in [1.807, 2.05) is 24.5 Å². The molecule has 3 aliphatic rings. The number of allylic oxidation sites excluding steroid dienone is 2. The van der Waals surface area contributed by atoms with Gasteiger partial charge in [-0.25, -0.2) is 19.4 Å². The van der Waals surface area contributed by atoms with E-state index < -0.39 is 20.7 Å². The normalized spacial score (nSPS) is 19.7. The third-order valence-electron chi connectivity index (χ3n) is 6.70. The van der Waals surface area contributed by atoms with Crippen LogP contribution in [0, 0.1) is 0 Å². The van der Waals surface area contributed by atoms with Crippen LogP contribution in [0.15, 0.2) is 57.2 Å². The van der Waals surface area contributed by atoms with Crippen LogP contribution in [0.25, 0.3) is 17.0 Å². The van der Waals surface area contributed by atoms with Crippen molar-refractivity contribution in [2.24, 2.45) is 4.99 Å². The first-order chi connectivity index (χ1) is 17.6. The molecule has 1 fully saturated rings. The van der Waals surface area contributed by atoms with Crippen LogP contribution in [0.1, 0.15) is 49.9 Å². The Bertz CT molecular complexity index is 1340. The Kier molecular flexibility index (Phi) is 7.66. The zero-order chi connectivity index (χ0) is 25.1. The second-order valence-corrected chi connectivity index (χ2v) is 11.7. The molecule has 7 nitrogen and oxygen atoms in total. The highest BCUT2D eigenvalue weighted by Gasteiger charge is 2.28. The van der Waals surface area contributed by atoms with E-state index in [9.17, 15) is 4.39 Å². The van der Waals surface area contributed by atoms with Gasteiger partial charge in [-0.1, -0.05) is 19.9 Å². The fraction of sp³-hybridized carbons (Fsp3) is 0.370. The number of amidine groups is 1. The molecule has 2 aliphatic heterocycles. The van der Waals surface area contributed by atoms with Gasteiger partial charge in [0.2, 0.25) is 0 Å². The topological polar surface area (TPSA) is 78.3 Å². The number of anilines is 1. The van der Waals surface area contributed by atoms with Crippen LogP contribution in [0.4, 0.5) is 10.2 Å². The third-order valence-corrected chi connectivity index (χ3v) is 8.97. The van der Waals surface area contributed by atoms with Crippen molar-refractivity contribution in [2.75, 3.05) is 31.6 Å². The summed E-state index contributed by atoms with van der Waals surface area (Å²) in [5, 5.41) is 7.80. The SMILES string of the molecule is C=CN=C1NC2=C(C=CC(F)=I2)/C1=C\c1nc(N(C)CCCNCC)c2c(C3CCC3)cncc2n1. The number of fused-ring (bicyclic) bond motifs is 1. The summed E-state index contributed by atoms with van der Waals surface area (Å²) in [5.74, 6) is 2.69. The number of halogens is 2. The number of hydrogen-bond donors (Lipinski definition) is 2. The standard InChI is InChI=1S/C27H31FIN7/c1-4-30-12-7-13-36(3)27-24-20(17-8-6-9-17)15-31-16-21(24)33-23(34-27)14-19-18-10-11-22(28)29-25(18)35-26(19)32-5-2/h5,10-11,14-17,30H,2,4,6-9,12-13H2,1,3H3,(H,32,35)/b19-14+. The molecule has 36 heavy (non-hydrogen) atoms. The van der Waals surface area contributed by atoms with Crippen molar-refractivity contribution >= 4 is 53.1 Å². The van der Waals surface area contributed by atoms with Gasteiger partial charge in [0.15, 0.2) is 9.59 Å². The molecule has 0 aromatic carbocycles. The van der Waals surface area contributed by atoms with Gasteiger partial charge in [-0.3, -0.25) is 4.98 Å². The summed E-state index contributed by atoms with van der Waals surface area (Å²) < 4.78 is 14.8. The molecule has 2 aromatic rings. The number of rotatable bonds is 9. The smallest absolute Gasteiger partial charge is 0.157 e. The average Bonchev–Trinajstić information content (AvgIpc) is 3.16. The van der Waals surface area contributed by atoms with Crippen molar-refractivity contribution in [1.29, 1.82) is 0 Å². The molecule has 1 saturated carbocycles. The largest absolute Gasteiger partial charge is 0.359 e. The van der Waals surface area contributed by atoms with E-state index in [4.69, 9.17) is 9.97 Å². The van der Waals surface area contributed by atoms with Gasteiger partial charge in [-0.15, -0.1) is 0 Å². The molecular formula is C27H31FIN7. The van der Waals surface area contributed by atoms with E-state index in [0.29, 0.717) is 17.6 Å². The number of nitrogens with zero attached hydrogens (tertiary/aromatic N) is 5. The second kappa shape index (κ2) is 11.1. The summed E-state index contributed by atoms with van der Waals surface area (Å²) in [4.78, 5) is 21.2. The third kappa shape index (κ3) is 5.04. The van der Waals surface area contributed by atoms with Crippen molar-refractivity contribution in [1.82, 2.24) is 25.6 Å². The van der Waals surface area contributed by atoms with Gasteiger partial charge in [0.05, 0.1) is 15.4 Å². The predicted octanol–water partition coefficient (Wildman–Crippen LogP) is 5.11. The van der Waals surface area contributed by atoms with Crippen molar-refractivity contribution in [3.05, 3.63) is 63.6 Å². The molecule has 0 spiro atoms. The van der Waals surface area contributed by atoms with E-state index in [-0.39, 0.29) is 3.76 Å². The average molecular weight is 599 g/mol. The summed E-state index contributed by atoms with van der Waals surface area (Å²) in [7, 11) is 2.10. The monoisotopic (exact) mass is 599 g/mol. The van der Waals surface area contributed by atoms with Crippen LogP contribution in [-0.4, -0.2) is 51.2 Å². The fourth-order valence-electron chi connectivity index (χ4n) is 4.66. The molecule has 0 bridgehead atoms. The van der Waals surface area contributed by atoms with E-state index in [2.05, 4.69) is 46.1 Å². The molecule has 0 unspecified atom stereocenters. The quantitative estimate of drug-likeness (QED) is 0.237. The molecule has 2 aromatic heterocycles. The molecule has 9 heteroatoms. The number of nitrogens with one attached hydrogen (secondary N) is 2. The molecule has 4 heterocycles. The summed E-state index contributed by atoms with van der Waals surface area (Å²) in [6.07, 6.45) is 15.3. The maximum Gasteiger partial charge on any atom is 0.157 e. The van der Waals surface area contributed by atoms with Gasteiger partial charge in [-0.05, 0) is 82.8 Å². The van der Waals surface area contributed by atoms with Gasteiger partial charge in [-0.2, -0.15) is 0 Å². The lowest BCUT2D eigenvalue weighted by molar-refractivity contribution is 0.421. The van der Waals surface area contributed by atoms with Crippen molar-refractivity contribution in [3.63, 3.8) is 0 Å². The molecular weight excluding hydrogens is 568 g/mol. The van der Waals surface area contributed by atoms with E-state index in [1.165, 1.54) is 31.0 Å². The van der Waals surface area contributed by atoms with E-state index in [1.54, 1.807) is 6.08 Å². The van der Waals surface area contributed by atoms with Gasteiger partial charge in [0.25, 0.3) is 0 Å². The highest BCUT2D eigenvalue weighted by atomic mass is 127. The lowest BCUT2D eigenvalue weighted by atomic mass is 9.79. The Morgan fingerprint density at radius 1 is 1.31 bits per heavy atom. The zero-order valence-corrected chi connectivity index (χ0v) is 22.8. The minimum Gasteiger partial charge on any atom is -0.359 e. The van der Waals surface area contributed by atoms with Crippen LogP contribution < -0.4 is 15.5 Å². The highest BCUT2D eigenvalue weighted by Crippen LogP contribution is 2.41.